The lowest BCUT2D eigenvalue weighted by Gasteiger charge is -2.14. The monoisotopic (exact) mass is 291 g/mol. The van der Waals surface area contributed by atoms with Gasteiger partial charge in [0.15, 0.2) is 0 Å². The summed E-state index contributed by atoms with van der Waals surface area (Å²) in [7, 11) is 0. The van der Waals surface area contributed by atoms with E-state index in [9.17, 15) is 4.79 Å². The molecule has 2 heterocycles. The molecule has 1 unspecified atom stereocenters. The molecule has 0 fully saturated rings. The predicted molar refractivity (Wildman–Crippen MR) is 86.6 cm³/mol. The fourth-order valence-corrected chi connectivity index (χ4v) is 2.40. The molecule has 4 heteroatoms. The van der Waals surface area contributed by atoms with E-state index >= 15 is 0 Å². The Hall–Kier alpha value is -2.75. The lowest BCUT2D eigenvalue weighted by Crippen LogP contribution is -2.27. The van der Waals surface area contributed by atoms with Gasteiger partial charge in [-0.15, -0.1) is 0 Å². The Balaban J connectivity index is 1.85. The van der Waals surface area contributed by atoms with Gasteiger partial charge in [-0.2, -0.15) is 0 Å². The van der Waals surface area contributed by atoms with Crippen LogP contribution in [0.5, 0.6) is 0 Å². The van der Waals surface area contributed by atoms with Gasteiger partial charge in [-0.25, -0.2) is 4.98 Å². The zero-order chi connectivity index (χ0) is 15.5. The van der Waals surface area contributed by atoms with Gasteiger partial charge in [0.1, 0.15) is 5.69 Å². The van der Waals surface area contributed by atoms with Crippen molar-refractivity contribution in [2.45, 2.75) is 19.9 Å². The number of nitrogens with zero attached hydrogens (tertiary/aromatic N) is 2. The third-order valence-corrected chi connectivity index (χ3v) is 3.66. The van der Waals surface area contributed by atoms with Crippen LogP contribution in [0.15, 0.2) is 54.9 Å². The van der Waals surface area contributed by atoms with Gasteiger partial charge in [0.05, 0.1) is 11.6 Å². The first-order valence-corrected chi connectivity index (χ1v) is 7.22. The molecule has 1 atom stereocenters. The second-order valence-electron chi connectivity index (χ2n) is 5.33. The zero-order valence-corrected chi connectivity index (χ0v) is 12.6. The van der Waals surface area contributed by atoms with E-state index in [1.165, 1.54) is 0 Å². The molecule has 110 valence electrons. The van der Waals surface area contributed by atoms with Crippen molar-refractivity contribution in [2.75, 3.05) is 0 Å². The molecule has 1 aromatic carbocycles. The first kappa shape index (κ1) is 14.2. The van der Waals surface area contributed by atoms with E-state index in [2.05, 4.69) is 15.3 Å². The fraction of sp³-hybridized carbons (Fsp3) is 0.167. The summed E-state index contributed by atoms with van der Waals surface area (Å²) in [5, 5.41) is 3.92. The number of aromatic nitrogens is 2. The number of hydrogen-bond acceptors (Lipinski definition) is 3. The second-order valence-corrected chi connectivity index (χ2v) is 5.33. The molecule has 0 aliphatic carbocycles. The Bertz CT molecular complexity index is 815. The smallest absolute Gasteiger partial charge is 0.270 e. The molecule has 3 aromatic rings. The Labute approximate surface area is 129 Å². The Kier molecular flexibility index (Phi) is 3.83. The fourth-order valence-electron chi connectivity index (χ4n) is 2.40. The van der Waals surface area contributed by atoms with Crippen LogP contribution in [-0.2, 0) is 0 Å². The van der Waals surface area contributed by atoms with Crippen molar-refractivity contribution in [2.24, 2.45) is 0 Å². The van der Waals surface area contributed by atoms with Gasteiger partial charge in [0.2, 0.25) is 0 Å². The maximum Gasteiger partial charge on any atom is 0.270 e. The molecule has 22 heavy (non-hydrogen) atoms. The summed E-state index contributed by atoms with van der Waals surface area (Å²) in [6.07, 6.45) is 3.51. The molecule has 0 radical (unpaired) electrons. The number of rotatable bonds is 3. The highest BCUT2D eigenvalue weighted by atomic mass is 16.1. The number of benzene rings is 1. The first-order valence-electron chi connectivity index (χ1n) is 7.22. The number of carbonyl (C=O) groups is 1. The van der Waals surface area contributed by atoms with Gasteiger partial charge in [-0.3, -0.25) is 9.78 Å². The van der Waals surface area contributed by atoms with E-state index in [0.717, 1.165) is 22.0 Å². The predicted octanol–water partition coefficient (Wildman–Crippen LogP) is 3.43. The summed E-state index contributed by atoms with van der Waals surface area (Å²) in [4.78, 5) is 21.0. The maximum atomic E-state index is 12.4. The average molecular weight is 291 g/mol. The highest BCUT2D eigenvalue weighted by Gasteiger charge is 2.13. The summed E-state index contributed by atoms with van der Waals surface area (Å²) in [6.45, 7) is 3.90. The van der Waals surface area contributed by atoms with Crippen molar-refractivity contribution in [1.29, 1.82) is 0 Å². The lowest BCUT2D eigenvalue weighted by atomic mass is 10.1. The summed E-state index contributed by atoms with van der Waals surface area (Å²) in [5.74, 6) is -0.172. The molecule has 3 rings (SSSR count). The van der Waals surface area contributed by atoms with Crippen LogP contribution in [0, 0.1) is 6.92 Å². The van der Waals surface area contributed by atoms with E-state index in [1.807, 2.05) is 50.2 Å². The van der Waals surface area contributed by atoms with Crippen molar-refractivity contribution < 1.29 is 4.79 Å². The number of nitrogens with one attached hydrogen (secondary N) is 1. The van der Waals surface area contributed by atoms with Crippen molar-refractivity contribution in [1.82, 2.24) is 15.3 Å². The van der Waals surface area contributed by atoms with E-state index in [1.54, 1.807) is 18.5 Å². The zero-order valence-electron chi connectivity index (χ0n) is 12.6. The Morgan fingerprint density at radius 2 is 1.86 bits per heavy atom. The van der Waals surface area contributed by atoms with Crippen LogP contribution in [0.2, 0.25) is 0 Å². The van der Waals surface area contributed by atoms with Gasteiger partial charge >= 0.3 is 0 Å². The Morgan fingerprint density at radius 1 is 1.09 bits per heavy atom. The van der Waals surface area contributed by atoms with Crippen LogP contribution in [0.1, 0.15) is 34.6 Å². The van der Waals surface area contributed by atoms with Gasteiger partial charge in [0, 0.05) is 17.8 Å². The molecule has 1 N–H and O–H groups in total. The average Bonchev–Trinajstić information content (AvgIpc) is 2.55. The number of amides is 1. The third kappa shape index (κ3) is 2.81. The van der Waals surface area contributed by atoms with Gasteiger partial charge in [-0.05, 0) is 37.1 Å². The molecular weight excluding hydrogens is 274 g/mol. The Morgan fingerprint density at radius 3 is 2.64 bits per heavy atom. The molecule has 0 saturated carbocycles. The minimum Gasteiger partial charge on any atom is -0.344 e. The highest BCUT2D eigenvalue weighted by molar-refractivity contribution is 5.95. The number of carbonyl (C=O) groups excluding carboxylic acids is 1. The quantitative estimate of drug-likeness (QED) is 0.804. The van der Waals surface area contributed by atoms with Gasteiger partial charge < -0.3 is 5.32 Å². The number of fused-ring (bicyclic) bond motifs is 1. The second kappa shape index (κ2) is 5.93. The minimum absolute atomic E-state index is 0.0651. The van der Waals surface area contributed by atoms with Crippen LogP contribution >= 0.6 is 0 Å². The summed E-state index contributed by atoms with van der Waals surface area (Å²) < 4.78 is 0. The summed E-state index contributed by atoms with van der Waals surface area (Å²) in [6, 6.07) is 13.4. The molecule has 0 aliphatic heterocycles. The summed E-state index contributed by atoms with van der Waals surface area (Å²) >= 11 is 0. The van der Waals surface area contributed by atoms with Crippen LogP contribution < -0.4 is 5.32 Å². The number of pyridine rings is 2. The third-order valence-electron chi connectivity index (χ3n) is 3.66. The number of aryl methyl sites for hydroxylation is 1. The van der Waals surface area contributed by atoms with E-state index in [4.69, 9.17) is 0 Å². The van der Waals surface area contributed by atoms with E-state index < -0.39 is 0 Å². The topological polar surface area (TPSA) is 54.9 Å². The standard InChI is InChI=1S/C18H17N3O/c1-12-10-19-11-15-8-9-16(21-17(12)15)18(22)20-13(2)14-6-4-3-5-7-14/h3-11,13H,1-2H3,(H,20,22). The van der Waals surface area contributed by atoms with Crippen LogP contribution in [0.4, 0.5) is 0 Å². The normalized spacial score (nSPS) is 12.1. The van der Waals surface area contributed by atoms with Gasteiger partial charge in [-0.1, -0.05) is 30.3 Å². The molecule has 1 amide bonds. The number of hydrogen-bond donors (Lipinski definition) is 1. The molecule has 2 aromatic heterocycles. The van der Waals surface area contributed by atoms with E-state index in [0.29, 0.717) is 5.69 Å². The molecule has 0 spiro atoms. The first-order chi connectivity index (χ1) is 10.6. The lowest BCUT2D eigenvalue weighted by molar-refractivity contribution is 0.0935. The molecule has 0 bridgehead atoms. The van der Waals surface area contributed by atoms with Crippen molar-refractivity contribution in [3.63, 3.8) is 0 Å². The largest absolute Gasteiger partial charge is 0.344 e. The maximum absolute atomic E-state index is 12.4. The molecule has 0 saturated heterocycles. The van der Waals surface area contributed by atoms with Gasteiger partial charge in [0.25, 0.3) is 5.91 Å². The van der Waals surface area contributed by atoms with Crippen molar-refractivity contribution >= 4 is 16.8 Å². The van der Waals surface area contributed by atoms with Crippen molar-refractivity contribution in [3.8, 4) is 0 Å². The molecule has 4 nitrogen and oxygen atoms in total. The SMILES string of the molecule is Cc1cncc2ccc(C(=O)NC(C)c3ccccc3)nc12. The molecule has 0 aliphatic rings. The minimum atomic E-state index is -0.172. The van der Waals surface area contributed by atoms with Crippen LogP contribution in [0.3, 0.4) is 0 Å². The van der Waals surface area contributed by atoms with Crippen LogP contribution in [-0.4, -0.2) is 15.9 Å². The molecular formula is C18H17N3O. The highest BCUT2D eigenvalue weighted by Crippen LogP contribution is 2.16. The van der Waals surface area contributed by atoms with Crippen molar-refractivity contribution in [3.05, 3.63) is 71.7 Å². The van der Waals surface area contributed by atoms with E-state index in [-0.39, 0.29) is 11.9 Å². The summed E-state index contributed by atoms with van der Waals surface area (Å²) in [5.41, 5.74) is 3.26. The van der Waals surface area contributed by atoms with Crippen LogP contribution in [0.25, 0.3) is 10.9 Å².